The molecule has 4 heteroatoms. The van der Waals surface area contributed by atoms with Crippen LogP contribution in [0.1, 0.15) is 27.2 Å². The third-order valence-electron chi connectivity index (χ3n) is 2.44. The van der Waals surface area contributed by atoms with Gasteiger partial charge >= 0.3 is 5.97 Å². The van der Waals surface area contributed by atoms with E-state index in [0.717, 1.165) is 0 Å². The van der Waals surface area contributed by atoms with Crippen LogP contribution in [0.4, 0.5) is 0 Å². The topological polar surface area (TPSA) is 44.8 Å². The Hall–Kier alpha value is -0.610. The summed E-state index contributed by atoms with van der Waals surface area (Å²) in [6.45, 7) is 5.29. The monoisotopic (exact) mass is 201 g/mol. The van der Waals surface area contributed by atoms with E-state index in [9.17, 15) is 4.79 Å². The highest BCUT2D eigenvalue weighted by Gasteiger charge is 2.36. The zero-order valence-corrected chi connectivity index (χ0v) is 8.86. The van der Waals surface area contributed by atoms with Crippen molar-refractivity contribution in [1.29, 1.82) is 0 Å². The molecule has 0 bridgehead atoms. The number of carbonyl (C=O) groups excluding carboxylic acids is 1. The molecule has 1 fully saturated rings. The molecular weight excluding hydrogens is 184 g/mol. The lowest BCUT2D eigenvalue weighted by molar-refractivity contribution is -0.224. The predicted molar refractivity (Wildman–Crippen MR) is 50.1 cm³/mol. The lowest BCUT2D eigenvalue weighted by atomic mass is 9.94. The molecule has 0 aromatic carbocycles. The second-order valence-corrected chi connectivity index (χ2v) is 3.72. The molecule has 14 heavy (non-hydrogen) atoms. The van der Waals surface area contributed by atoms with Crippen molar-refractivity contribution in [3.8, 4) is 0 Å². The van der Waals surface area contributed by atoms with Gasteiger partial charge in [0, 0.05) is 19.3 Å². The Labute approximate surface area is 84.5 Å². The summed E-state index contributed by atoms with van der Waals surface area (Å²) in [4.78, 5) is 10.8. The van der Waals surface area contributed by atoms with Crippen molar-refractivity contribution in [3.05, 3.63) is 7.11 Å². The second kappa shape index (κ2) is 4.75. The first kappa shape index (κ1) is 11.5. The van der Waals surface area contributed by atoms with Gasteiger partial charge in [0.15, 0.2) is 6.29 Å². The van der Waals surface area contributed by atoms with E-state index in [1.165, 1.54) is 6.92 Å². The quantitative estimate of drug-likeness (QED) is 0.635. The fourth-order valence-electron chi connectivity index (χ4n) is 1.78. The Bertz CT molecular complexity index is 192. The minimum absolute atomic E-state index is 0.144. The van der Waals surface area contributed by atoms with Crippen LogP contribution in [-0.2, 0) is 19.0 Å². The first-order valence-electron chi connectivity index (χ1n) is 4.78. The standard InChI is InChI=1S/C10H17O4/c1-6-5-9(12-4)13-7(2)10(6)14-8(3)11/h6-7,9-10H,4-5H2,1-3H3. The van der Waals surface area contributed by atoms with Crippen LogP contribution in [0.5, 0.6) is 0 Å². The van der Waals surface area contributed by atoms with Crippen molar-refractivity contribution in [2.45, 2.75) is 45.7 Å². The average molecular weight is 201 g/mol. The summed E-state index contributed by atoms with van der Waals surface area (Å²) < 4.78 is 15.5. The zero-order valence-electron chi connectivity index (χ0n) is 8.86. The molecule has 0 amide bonds. The van der Waals surface area contributed by atoms with Crippen LogP contribution in [0.15, 0.2) is 0 Å². The largest absolute Gasteiger partial charge is 0.460 e. The van der Waals surface area contributed by atoms with Crippen molar-refractivity contribution >= 4 is 5.97 Å². The fourth-order valence-corrected chi connectivity index (χ4v) is 1.78. The molecular formula is C10H17O4. The summed E-state index contributed by atoms with van der Waals surface area (Å²) >= 11 is 0. The van der Waals surface area contributed by atoms with E-state index in [0.29, 0.717) is 6.42 Å². The van der Waals surface area contributed by atoms with Crippen LogP contribution in [-0.4, -0.2) is 24.5 Å². The van der Waals surface area contributed by atoms with Gasteiger partial charge in [0.2, 0.25) is 0 Å². The molecule has 4 unspecified atom stereocenters. The van der Waals surface area contributed by atoms with E-state index in [1.807, 2.05) is 13.8 Å². The summed E-state index contributed by atoms with van der Waals surface area (Å²) in [7, 11) is 3.33. The number of hydrogen-bond donors (Lipinski definition) is 0. The van der Waals surface area contributed by atoms with E-state index in [2.05, 4.69) is 7.11 Å². The van der Waals surface area contributed by atoms with E-state index in [1.54, 1.807) is 0 Å². The van der Waals surface area contributed by atoms with E-state index in [4.69, 9.17) is 14.2 Å². The van der Waals surface area contributed by atoms with Gasteiger partial charge < -0.3 is 14.2 Å². The molecule has 0 aliphatic carbocycles. The van der Waals surface area contributed by atoms with Crippen molar-refractivity contribution < 1.29 is 19.0 Å². The molecule has 1 radical (unpaired) electrons. The van der Waals surface area contributed by atoms with Crippen molar-refractivity contribution in [3.63, 3.8) is 0 Å². The number of rotatable bonds is 2. The molecule has 1 heterocycles. The van der Waals surface area contributed by atoms with Crippen LogP contribution in [0.2, 0.25) is 0 Å². The molecule has 1 aliphatic rings. The van der Waals surface area contributed by atoms with Crippen LogP contribution in [0.3, 0.4) is 0 Å². The van der Waals surface area contributed by atoms with Gasteiger partial charge in [-0.2, -0.15) is 0 Å². The van der Waals surface area contributed by atoms with Crippen molar-refractivity contribution in [2.75, 3.05) is 0 Å². The van der Waals surface area contributed by atoms with Crippen LogP contribution in [0.25, 0.3) is 0 Å². The van der Waals surface area contributed by atoms with Gasteiger partial charge in [-0.05, 0) is 6.92 Å². The lowest BCUT2D eigenvalue weighted by Crippen LogP contribution is -2.45. The zero-order chi connectivity index (χ0) is 10.7. The molecule has 81 valence electrons. The van der Waals surface area contributed by atoms with Crippen molar-refractivity contribution in [1.82, 2.24) is 0 Å². The minimum atomic E-state index is -0.285. The molecule has 1 rings (SSSR count). The third-order valence-corrected chi connectivity index (χ3v) is 2.44. The maximum Gasteiger partial charge on any atom is 0.303 e. The van der Waals surface area contributed by atoms with Gasteiger partial charge in [0.05, 0.1) is 13.2 Å². The minimum Gasteiger partial charge on any atom is -0.460 e. The van der Waals surface area contributed by atoms with E-state index < -0.39 is 0 Å². The highest BCUT2D eigenvalue weighted by molar-refractivity contribution is 5.66. The van der Waals surface area contributed by atoms with E-state index in [-0.39, 0.29) is 30.4 Å². The van der Waals surface area contributed by atoms with Gasteiger partial charge in [-0.25, -0.2) is 0 Å². The van der Waals surface area contributed by atoms with Gasteiger partial charge in [0.25, 0.3) is 0 Å². The normalized spacial score (nSPS) is 38.0. The Kier molecular flexibility index (Phi) is 3.89. The van der Waals surface area contributed by atoms with E-state index >= 15 is 0 Å². The average Bonchev–Trinajstić information content (AvgIpc) is 2.10. The number of ether oxygens (including phenoxy) is 3. The first-order chi connectivity index (χ1) is 6.54. The molecule has 4 atom stereocenters. The van der Waals surface area contributed by atoms with Crippen molar-refractivity contribution in [2.24, 2.45) is 5.92 Å². The molecule has 0 spiro atoms. The maximum atomic E-state index is 10.8. The number of hydrogen-bond acceptors (Lipinski definition) is 4. The number of esters is 1. The summed E-state index contributed by atoms with van der Waals surface area (Å²) in [6, 6.07) is 0. The molecule has 0 aromatic heterocycles. The SMILES string of the molecule is [CH2]OC1CC(C)C(OC(C)=O)C(C)O1. The molecule has 1 aliphatic heterocycles. The van der Waals surface area contributed by atoms with Crippen LogP contribution >= 0.6 is 0 Å². The van der Waals surface area contributed by atoms with Crippen LogP contribution < -0.4 is 0 Å². The Morgan fingerprint density at radius 1 is 1.50 bits per heavy atom. The van der Waals surface area contributed by atoms with Gasteiger partial charge in [-0.3, -0.25) is 4.79 Å². The first-order valence-corrected chi connectivity index (χ1v) is 4.78. The Morgan fingerprint density at radius 2 is 2.14 bits per heavy atom. The lowest BCUT2D eigenvalue weighted by Gasteiger charge is -2.37. The fraction of sp³-hybridized carbons (Fsp3) is 0.800. The van der Waals surface area contributed by atoms with Gasteiger partial charge in [-0.1, -0.05) is 6.92 Å². The predicted octanol–water partition coefficient (Wildman–Crippen LogP) is 1.50. The summed E-state index contributed by atoms with van der Waals surface area (Å²) in [6.07, 6.45) is 0.0892. The molecule has 1 saturated heterocycles. The highest BCUT2D eigenvalue weighted by Crippen LogP contribution is 2.27. The molecule has 4 nitrogen and oxygen atoms in total. The van der Waals surface area contributed by atoms with Gasteiger partial charge in [-0.15, -0.1) is 0 Å². The molecule has 0 N–H and O–H groups in total. The number of carbonyl (C=O) groups is 1. The third kappa shape index (κ3) is 2.69. The van der Waals surface area contributed by atoms with Crippen LogP contribution in [0, 0.1) is 13.0 Å². The van der Waals surface area contributed by atoms with Gasteiger partial charge in [0.1, 0.15) is 6.10 Å². The summed E-state index contributed by atoms with van der Waals surface area (Å²) in [5, 5.41) is 0. The summed E-state index contributed by atoms with van der Waals surface area (Å²) in [5.41, 5.74) is 0. The summed E-state index contributed by atoms with van der Waals surface area (Å²) in [5.74, 6) is -0.0410. The smallest absolute Gasteiger partial charge is 0.303 e. The highest BCUT2D eigenvalue weighted by atomic mass is 16.7. The molecule has 0 aromatic rings. The Morgan fingerprint density at radius 3 is 2.57 bits per heavy atom. The molecule has 0 saturated carbocycles. The Balaban J connectivity index is 2.55. The maximum absolute atomic E-state index is 10.8. The second-order valence-electron chi connectivity index (χ2n) is 3.72.